The molecular formula is C13H17Cl2NO2. The second kappa shape index (κ2) is 6.62. The van der Waals surface area contributed by atoms with Crippen molar-refractivity contribution in [3.63, 3.8) is 0 Å². The van der Waals surface area contributed by atoms with E-state index in [1.807, 2.05) is 6.07 Å². The lowest BCUT2D eigenvalue weighted by Crippen LogP contribution is -2.17. The van der Waals surface area contributed by atoms with Gasteiger partial charge in [-0.05, 0) is 43.5 Å². The highest BCUT2D eigenvalue weighted by Gasteiger charge is 2.18. The minimum absolute atomic E-state index is 0.169. The van der Waals surface area contributed by atoms with Gasteiger partial charge in [0.2, 0.25) is 0 Å². The van der Waals surface area contributed by atoms with Crippen molar-refractivity contribution in [2.45, 2.75) is 25.4 Å². The average molecular weight is 290 g/mol. The summed E-state index contributed by atoms with van der Waals surface area (Å²) in [7, 11) is 0. The zero-order valence-electron chi connectivity index (χ0n) is 10.1. The van der Waals surface area contributed by atoms with Gasteiger partial charge >= 0.3 is 0 Å². The van der Waals surface area contributed by atoms with E-state index in [0.29, 0.717) is 35.4 Å². The molecule has 0 bridgehead atoms. The van der Waals surface area contributed by atoms with Crippen molar-refractivity contribution in [3.05, 3.63) is 27.7 Å². The van der Waals surface area contributed by atoms with Crippen LogP contribution in [0.3, 0.4) is 0 Å². The second-order valence-electron chi connectivity index (χ2n) is 4.36. The lowest BCUT2D eigenvalue weighted by Gasteiger charge is -2.16. The Balaban J connectivity index is 2.09. The Bertz CT molecular complexity index is 406. The van der Waals surface area contributed by atoms with Crippen LogP contribution in [-0.2, 0) is 11.2 Å². The van der Waals surface area contributed by atoms with E-state index in [4.69, 9.17) is 38.4 Å². The fourth-order valence-corrected chi connectivity index (χ4v) is 2.66. The molecule has 2 rings (SSSR count). The number of hydrogen-bond acceptors (Lipinski definition) is 3. The highest BCUT2D eigenvalue weighted by atomic mass is 35.5. The predicted molar refractivity (Wildman–Crippen MR) is 73.7 cm³/mol. The maximum atomic E-state index is 6.16. The summed E-state index contributed by atoms with van der Waals surface area (Å²) in [5, 5.41) is 1.14. The summed E-state index contributed by atoms with van der Waals surface area (Å²) in [6, 6.07) is 3.54. The van der Waals surface area contributed by atoms with Crippen LogP contribution >= 0.6 is 23.2 Å². The van der Waals surface area contributed by atoms with Gasteiger partial charge in [-0.2, -0.15) is 0 Å². The van der Waals surface area contributed by atoms with Crippen LogP contribution < -0.4 is 10.5 Å². The van der Waals surface area contributed by atoms with Crippen LogP contribution in [0.4, 0.5) is 0 Å². The molecule has 0 saturated carbocycles. The van der Waals surface area contributed by atoms with Gasteiger partial charge in [0.25, 0.3) is 0 Å². The number of benzene rings is 1. The van der Waals surface area contributed by atoms with Crippen LogP contribution in [0.25, 0.3) is 0 Å². The standard InChI is InChI=1S/C13H17Cl2NO2/c14-10-6-9(3-4-16)13(12(15)7-10)18-8-11-2-1-5-17-11/h6-7,11H,1-5,8,16H2. The lowest BCUT2D eigenvalue weighted by molar-refractivity contribution is 0.0677. The van der Waals surface area contributed by atoms with Gasteiger partial charge in [-0.3, -0.25) is 0 Å². The summed E-state index contributed by atoms with van der Waals surface area (Å²) >= 11 is 12.1. The molecule has 5 heteroatoms. The molecule has 0 aliphatic carbocycles. The molecule has 100 valence electrons. The van der Waals surface area contributed by atoms with Crippen LogP contribution in [-0.4, -0.2) is 25.9 Å². The van der Waals surface area contributed by atoms with Gasteiger partial charge in [-0.15, -0.1) is 0 Å². The molecule has 3 nitrogen and oxygen atoms in total. The summed E-state index contributed by atoms with van der Waals surface area (Å²) in [4.78, 5) is 0. The van der Waals surface area contributed by atoms with Crippen LogP contribution in [0.15, 0.2) is 12.1 Å². The zero-order chi connectivity index (χ0) is 13.0. The number of halogens is 2. The minimum Gasteiger partial charge on any atom is -0.489 e. The van der Waals surface area contributed by atoms with Crippen LogP contribution in [0.5, 0.6) is 5.75 Å². The molecule has 0 spiro atoms. The molecule has 1 aromatic rings. The van der Waals surface area contributed by atoms with Crippen LogP contribution in [0.1, 0.15) is 18.4 Å². The highest BCUT2D eigenvalue weighted by Crippen LogP contribution is 2.33. The minimum atomic E-state index is 0.169. The Hall–Kier alpha value is -0.480. The van der Waals surface area contributed by atoms with Crippen molar-refractivity contribution in [3.8, 4) is 5.75 Å². The van der Waals surface area contributed by atoms with Crippen molar-refractivity contribution < 1.29 is 9.47 Å². The van der Waals surface area contributed by atoms with Gasteiger partial charge in [-0.1, -0.05) is 23.2 Å². The molecule has 1 aliphatic heterocycles. The number of rotatable bonds is 5. The van der Waals surface area contributed by atoms with E-state index in [0.717, 1.165) is 25.0 Å². The first-order chi connectivity index (χ1) is 8.70. The Morgan fingerprint density at radius 1 is 1.39 bits per heavy atom. The summed E-state index contributed by atoms with van der Waals surface area (Å²) in [6.45, 7) is 1.88. The maximum Gasteiger partial charge on any atom is 0.141 e. The molecule has 1 saturated heterocycles. The van der Waals surface area contributed by atoms with E-state index < -0.39 is 0 Å². The fraction of sp³-hybridized carbons (Fsp3) is 0.538. The Kier molecular flexibility index (Phi) is 5.13. The second-order valence-corrected chi connectivity index (χ2v) is 5.20. The van der Waals surface area contributed by atoms with Gasteiger partial charge in [0, 0.05) is 11.6 Å². The monoisotopic (exact) mass is 289 g/mol. The first-order valence-corrected chi connectivity index (χ1v) is 6.88. The zero-order valence-corrected chi connectivity index (χ0v) is 11.6. The van der Waals surface area contributed by atoms with Gasteiger partial charge in [0.1, 0.15) is 12.4 Å². The molecule has 1 unspecified atom stereocenters. The summed E-state index contributed by atoms with van der Waals surface area (Å²) in [5.41, 5.74) is 6.53. The quantitative estimate of drug-likeness (QED) is 0.906. The van der Waals surface area contributed by atoms with Crippen molar-refractivity contribution >= 4 is 23.2 Å². The SMILES string of the molecule is NCCc1cc(Cl)cc(Cl)c1OCC1CCCO1. The maximum absolute atomic E-state index is 6.16. The van der Waals surface area contributed by atoms with Gasteiger partial charge in [0.15, 0.2) is 0 Å². The molecule has 0 aromatic heterocycles. The highest BCUT2D eigenvalue weighted by molar-refractivity contribution is 6.35. The lowest BCUT2D eigenvalue weighted by atomic mass is 10.1. The topological polar surface area (TPSA) is 44.5 Å². The molecule has 1 atom stereocenters. The van der Waals surface area contributed by atoms with Crippen LogP contribution in [0, 0.1) is 0 Å². The normalized spacial score (nSPS) is 19.2. The van der Waals surface area contributed by atoms with E-state index in [-0.39, 0.29) is 6.10 Å². The number of ether oxygens (including phenoxy) is 2. The van der Waals surface area contributed by atoms with E-state index >= 15 is 0 Å². The smallest absolute Gasteiger partial charge is 0.141 e. The molecule has 1 heterocycles. The molecule has 18 heavy (non-hydrogen) atoms. The first kappa shape index (κ1) is 13.9. The van der Waals surface area contributed by atoms with Gasteiger partial charge in [-0.25, -0.2) is 0 Å². The van der Waals surface area contributed by atoms with Crippen LogP contribution in [0.2, 0.25) is 10.0 Å². The van der Waals surface area contributed by atoms with E-state index in [9.17, 15) is 0 Å². The van der Waals surface area contributed by atoms with Gasteiger partial charge in [0.05, 0.1) is 11.1 Å². The largest absolute Gasteiger partial charge is 0.489 e. The van der Waals surface area contributed by atoms with Crippen molar-refractivity contribution in [1.82, 2.24) is 0 Å². The first-order valence-electron chi connectivity index (χ1n) is 6.13. The molecule has 1 aliphatic rings. The third-order valence-electron chi connectivity index (χ3n) is 2.94. The van der Waals surface area contributed by atoms with Crippen molar-refractivity contribution in [2.75, 3.05) is 19.8 Å². The molecule has 2 N–H and O–H groups in total. The third kappa shape index (κ3) is 3.51. The molecule has 0 amide bonds. The average Bonchev–Trinajstić information content (AvgIpc) is 2.81. The van der Waals surface area contributed by atoms with E-state index in [2.05, 4.69) is 0 Å². The molecule has 1 fully saturated rings. The van der Waals surface area contributed by atoms with E-state index in [1.54, 1.807) is 6.07 Å². The Labute approximate surface area is 117 Å². The number of hydrogen-bond donors (Lipinski definition) is 1. The summed E-state index contributed by atoms with van der Waals surface area (Å²) in [6.07, 6.45) is 3.00. The molecule has 0 radical (unpaired) electrons. The van der Waals surface area contributed by atoms with Crippen molar-refractivity contribution in [1.29, 1.82) is 0 Å². The van der Waals surface area contributed by atoms with Gasteiger partial charge < -0.3 is 15.2 Å². The van der Waals surface area contributed by atoms with E-state index in [1.165, 1.54) is 0 Å². The number of nitrogens with two attached hydrogens (primary N) is 1. The fourth-order valence-electron chi connectivity index (χ4n) is 2.07. The molecular weight excluding hydrogens is 273 g/mol. The Morgan fingerprint density at radius 3 is 2.89 bits per heavy atom. The third-order valence-corrected chi connectivity index (χ3v) is 3.44. The predicted octanol–water partition coefficient (Wildman–Crippen LogP) is 3.05. The summed E-state index contributed by atoms with van der Waals surface area (Å²) < 4.78 is 11.3. The van der Waals surface area contributed by atoms with Crippen molar-refractivity contribution in [2.24, 2.45) is 5.73 Å². The molecule has 1 aromatic carbocycles. The Morgan fingerprint density at radius 2 is 2.22 bits per heavy atom. The summed E-state index contributed by atoms with van der Waals surface area (Å²) in [5.74, 6) is 0.682.